The molecule has 1 aromatic carbocycles. The highest BCUT2D eigenvalue weighted by Crippen LogP contribution is 2.35. The van der Waals surface area contributed by atoms with Gasteiger partial charge in [-0.3, -0.25) is 14.2 Å². The van der Waals surface area contributed by atoms with Crippen LogP contribution in [0.2, 0.25) is 0 Å². The lowest BCUT2D eigenvalue weighted by atomic mass is 9.97. The van der Waals surface area contributed by atoms with Gasteiger partial charge in [-0.1, -0.05) is 23.9 Å². The van der Waals surface area contributed by atoms with E-state index >= 15 is 0 Å². The van der Waals surface area contributed by atoms with Crippen LogP contribution < -0.4 is 5.56 Å². The third kappa shape index (κ3) is 4.26. The number of hydrogen-bond acceptors (Lipinski definition) is 5. The zero-order valence-corrected chi connectivity index (χ0v) is 21.2. The molecule has 5 rings (SSSR count). The number of piperidine rings is 1. The number of aryl methyl sites for hydroxylation is 3. The number of likely N-dealkylation sites (tertiary alicyclic amines) is 1. The number of hydrogen-bond donors (Lipinski definition) is 0. The topological polar surface area (TPSA) is 55.2 Å². The molecule has 0 saturated carbocycles. The minimum atomic E-state index is -0.000317. The number of benzene rings is 1. The van der Waals surface area contributed by atoms with Crippen LogP contribution in [0, 0.1) is 6.92 Å². The Morgan fingerprint density at radius 1 is 1.15 bits per heavy atom. The largest absolute Gasteiger partial charge is 0.337 e. The van der Waals surface area contributed by atoms with Crippen molar-refractivity contribution in [1.29, 1.82) is 0 Å². The Kier molecular flexibility index (Phi) is 6.36. The Balaban J connectivity index is 1.56. The van der Waals surface area contributed by atoms with Gasteiger partial charge in [0.25, 0.3) is 5.56 Å². The van der Waals surface area contributed by atoms with Gasteiger partial charge in [-0.05, 0) is 89.0 Å². The average molecular weight is 482 g/mol. The first-order valence-electron chi connectivity index (χ1n) is 12.0. The monoisotopic (exact) mass is 481 g/mol. The Labute approximate surface area is 203 Å². The minimum Gasteiger partial charge on any atom is -0.337 e. The lowest BCUT2D eigenvalue weighted by Gasteiger charge is -2.39. The molecule has 0 radical (unpaired) electrons. The van der Waals surface area contributed by atoms with Crippen molar-refractivity contribution >= 4 is 39.2 Å². The second-order valence-corrected chi connectivity index (χ2v) is 11.5. The molecule has 5 nitrogen and oxygen atoms in total. The van der Waals surface area contributed by atoms with Gasteiger partial charge in [-0.15, -0.1) is 11.3 Å². The fraction of sp³-hybridized carbons (Fsp3) is 0.500. The van der Waals surface area contributed by atoms with Gasteiger partial charge in [0.15, 0.2) is 5.16 Å². The minimum absolute atomic E-state index is 0.000317. The number of nitrogens with zero attached hydrogens (tertiary/aromatic N) is 3. The van der Waals surface area contributed by atoms with E-state index in [1.165, 1.54) is 35.0 Å². The lowest BCUT2D eigenvalue weighted by Crippen LogP contribution is -2.48. The number of rotatable bonds is 4. The molecule has 174 valence electrons. The molecule has 3 aromatic rings. The fourth-order valence-corrected chi connectivity index (χ4v) is 7.58. The zero-order chi connectivity index (χ0) is 23.1. The van der Waals surface area contributed by atoms with Crippen LogP contribution in [0.3, 0.4) is 0 Å². The van der Waals surface area contributed by atoms with E-state index in [0.29, 0.717) is 10.9 Å². The number of amides is 1. The van der Waals surface area contributed by atoms with Gasteiger partial charge in [0, 0.05) is 17.0 Å². The van der Waals surface area contributed by atoms with Crippen molar-refractivity contribution in [1.82, 2.24) is 14.5 Å². The van der Waals surface area contributed by atoms with E-state index < -0.39 is 0 Å². The Hall–Kier alpha value is -2.12. The predicted octanol–water partition coefficient (Wildman–Crippen LogP) is 5.52. The highest BCUT2D eigenvalue weighted by molar-refractivity contribution is 7.99. The van der Waals surface area contributed by atoms with E-state index in [1.807, 2.05) is 36.1 Å². The maximum atomic E-state index is 13.9. The van der Waals surface area contributed by atoms with Crippen molar-refractivity contribution in [3.05, 3.63) is 50.6 Å². The summed E-state index contributed by atoms with van der Waals surface area (Å²) in [5.74, 6) is 0.430. The van der Waals surface area contributed by atoms with Crippen LogP contribution in [0.4, 0.5) is 0 Å². The number of fused-ring (bicyclic) bond motifs is 3. The van der Waals surface area contributed by atoms with Crippen LogP contribution in [0.1, 0.15) is 62.0 Å². The van der Waals surface area contributed by atoms with Crippen molar-refractivity contribution in [2.75, 3.05) is 5.75 Å². The molecule has 1 aliphatic carbocycles. The molecule has 2 aliphatic rings. The van der Waals surface area contributed by atoms with Crippen LogP contribution >= 0.6 is 23.1 Å². The van der Waals surface area contributed by atoms with Crippen molar-refractivity contribution in [2.45, 2.75) is 83.0 Å². The van der Waals surface area contributed by atoms with E-state index in [-0.39, 0.29) is 23.6 Å². The van der Waals surface area contributed by atoms with E-state index in [0.717, 1.165) is 53.6 Å². The Morgan fingerprint density at radius 3 is 2.67 bits per heavy atom. The first-order chi connectivity index (χ1) is 15.9. The van der Waals surface area contributed by atoms with Crippen molar-refractivity contribution in [3.8, 4) is 5.69 Å². The third-order valence-electron chi connectivity index (χ3n) is 7.02. The van der Waals surface area contributed by atoms with Crippen molar-refractivity contribution in [2.24, 2.45) is 0 Å². The van der Waals surface area contributed by atoms with E-state index in [2.05, 4.69) is 13.8 Å². The molecular formula is C26H31N3O2S2. The highest BCUT2D eigenvalue weighted by atomic mass is 32.2. The SMILES string of the molecule is Cc1cccc(-n2c(SCC(=O)N3[C@@H](C)CCC[C@@H]3C)nc3sc4c(c3c2=O)CCCC4)c1. The van der Waals surface area contributed by atoms with Gasteiger partial charge < -0.3 is 4.90 Å². The molecule has 1 fully saturated rings. The van der Waals surface area contributed by atoms with E-state index in [4.69, 9.17) is 4.98 Å². The smallest absolute Gasteiger partial charge is 0.267 e. The summed E-state index contributed by atoms with van der Waals surface area (Å²) in [6, 6.07) is 8.51. The van der Waals surface area contributed by atoms with Crippen LogP contribution in [0.25, 0.3) is 15.9 Å². The summed E-state index contributed by atoms with van der Waals surface area (Å²) in [5, 5.41) is 1.40. The summed E-state index contributed by atoms with van der Waals surface area (Å²) in [6.07, 6.45) is 7.57. The molecule has 3 heterocycles. The highest BCUT2D eigenvalue weighted by Gasteiger charge is 2.29. The molecule has 7 heteroatoms. The third-order valence-corrected chi connectivity index (χ3v) is 9.13. The molecule has 0 N–H and O–H groups in total. The van der Waals surface area contributed by atoms with Crippen LogP contribution in [-0.4, -0.2) is 38.2 Å². The molecule has 1 saturated heterocycles. The summed E-state index contributed by atoms with van der Waals surface area (Å²) < 4.78 is 1.73. The molecule has 2 aromatic heterocycles. The molecule has 0 spiro atoms. The van der Waals surface area contributed by atoms with Gasteiger partial charge in [0.2, 0.25) is 5.91 Å². The number of carbonyl (C=O) groups excluding carboxylic acids is 1. The van der Waals surface area contributed by atoms with Gasteiger partial charge in [0.05, 0.1) is 16.8 Å². The molecular weight excluding hydrogens is 450 g/mol. The first-order valence-corrected chi connectivity index (χ1v) is 13.8. The molecule has 33 heavy (non-hydrogen) atoms. The molecule has 0 unspecified atom stereocenters. The lowest BCUT2D eigenvalue weighted by molar-refractivity contribution is -0.134. The number of thiophene rings is 1. The van der Waals surface area contributed by atoms with Gasteiger partial charge in [0.1, 0.15) is 4.83 Å². The van der Waals surface area contributed by atoms with Crippen LogP contribution in [-0.2, 0) is 17.6 Å². The summed E-state index contributed by atoms with van der Waals surface area (Å²) in [7, 11) is 0. The normalized spacial score (nSPS) is 20.8. The maximum absolute atomic E-state index is 13.9. The van der Waals surface area contributed by atoms with Gasteiger partial charge >= 0.3 is 0 Å². The second kappa shape index (κ2) is 9.26. The Bertz CT molecular complexity index is 1250. The molecule has 1 amide bonds. The number of carbonyl (C=O) groups is 1. The number of thioether (sulfide) groups is 1. The van der Waals surface area contributed by atoms with E-state index in [1.54, 1.807) is 15.9 Å². The summed E-state index contributed by atoms with van der Waals surface area (Å²) in [6.45, 7) is 6.31. The molecule has 0 bridgehead atoms. The standard InChI is InChI=1S/C26H31N3O2S2/c1-16-8-6-11-19(14-16)29-25(31)23-20-12-4-5-13-21(20)33-24(23)27-26(29)32-15-22(30)28-17(2)9-7-10-18(28)3/h6,8,11,14,17-18H,4-5,7,9-10,12-13,15H2,1-3H3/t17-,18-/m0/s1. The zero-order valence-electron chi connectivity index (χ0n) is 19.6. The average Bonchev–Trinajstić information content (AvgIpc) is 3.16. The van der Waals surface area contributed by atoms with Crippen LogP contribution in [0.15, 0.2) is 34.2 Å². The quantitative estimate of drug-likeness (QED) is 0.364. The second-order valence-electron chi connectivity index (χ2n) is 9.48. The predicted molar refractivity (Wildman–Crippen MR) is 137 cm³/mol. The van der Waals surface area contributed by atoms with Gasteiger partial charge in [-0.25, -0.2) is 4.98 Å². The molecule has 1 aliphatic heterocycles. The van der Waals surface area contributed by atoms with Gasteiger partial charge in [-0.2, -0.15) is 0 Å². The first kappa shape index (κ1) is 22.7. The maximum Gasteiger partial charge on any atom is 0.267 e. The summed E-state index contributed by atoms with van der Waals surface area (Å²) in [4.78, 5) is 36.2. The van der Waals surface area contributed by atoms with Crippen molar-refractivity contribution < 1.29 is 4.79 Å². The van der Waals surface area contributed by atoms with Crippen LogP contribution in [0.5, 0.6) is 0 Å². The van der Waals surface area contributed by atoms with E-state index in [9.17, 15) is 9.59 Å². The number of aromatic nitrogens is 2. The summed E-state index contributed by atoms with van der Waals surface area (Å²) in [5.41, 5.74) is 3.11. The molecule has 2 atom stereocenters. The van der Waals surface area contributed by atoms with Crippen molar-refractivity contribution in [3.63, 3.8) is 0 Å². The summed E-state index contributed by atoms with van der Waals surface area (Å²) >= 11 is 3.06. The fourth-order valence-electron chi connectivity index (χ4n) is 5.39. The Morgan fingerprint density at radius 2 is 1.91 bits per heavy atom.